The van der Waals surface area contributed by atoms with E-state index in [1.165, 1.54) is 7.11 Å². The fraction of sp³-hybridized carbons (Fsp3) is 0.300. The molecule has 148 valence electrons. The SMILES string of the molecule is COC(=O)CC(NC(=O)NC(C)c1ccc2c(c1)OCO2)c1ccccc1Cl. The highest BCUT2D eigenvalue weighted by Gasteiger charge is 2.22. The highest BCUT2D eigenvalue weighted by atomic mass is 35.5. The molecule has 0 aliphatic carbocycles. The van der Waals surface area contributed by atoms with Crippen molar-refractivity contribution in [3.05, 3.63) is 58.6 Å². The van der Waals surface area contributed by atoms with Crippen LogP contribution in [0.1, 0.15) is 36.6 Å². The molecule has 2 amide bonds. The molecule has 0 saturated carbocycles. The van der Waals surface area contributed by atoms with Crippen LogP contribution in [0.2, 0.25) is 5.02 Å². The number of benzene rings is 2. The first-order chi connectivity index (χ1) is 13.5. The van der Waals surface area contributed by atoms with Gasteiger partial charge in [0.15, 0.2) is 11.5 Å². The van der Waals surface area contributed by atoms with E-state index in [4.69, 9.17) is 25.8 Å². The highest BCUT2D eigenvalue weighted by molar-refractivity contribution is 6.31. The van der Waals surface area contributed by atoms with Crippen molar-refractivity contribution in [1.29, 1.82) is 0 Å². The van der Waals surface area contributed by atoms with Gasteiger partial charge in [-0.3, -0.25) is 4.79 Å². The summed E-state index contributed by atoms with van der Waals surface area (Å²) in [7, 11) is 1.30. The Kier molecular flexibility index (Phi) is 6.26. The largest absolute Gasteiger partial charge is 0.469 e. The molecule has 28 heavy (non-hydrogen) atoms. The fourth-order valence-corrected chi connectivity index (χ4v) is 3.18. The van der Waals surface area contributed by atoms with Crippen LogP contribution in [0.15, 0.2) is 42.5 Å². The van der Waals surface area contributed by atoms with Crippen LogP contribution >= 0.6 is 11.6 Å². The normalized spacial score (nSPS) is 14.1. The van der Waals surface area contributed by atoms with Crippen molar-refractivity contribution in [2.75, 3.05) is 13.9 Å². The van der Waals surface area contributed by atoms with E-state index in [1.54, 1.807) is 30.3 Å². The molecule has 0 saturated heterocycles. The standard InChI is InChI=1S/C20H21ClN2O5/c1-12(13-7-8-17-18(9-13)28-11-27-17)22-20(25)23-16(10-19(24)26-2)14-5-3-4-6-15(14)21/h3-9,12,16H,10-11H2,1-2H3,(H2,22,23,25). The lowest BCUT2D eigenvalue weighted by molar-refractivity contribution is -0.141. The Morgan fingerprint density at radius 2 is 1.89 bits per heavy atom. The molecule has 7 nitrogen and oxygen atoms in total. The van der Waals surface area contributed by atoms with Crippen molar-refractivity contribution >= 4 is 23.6 Å². The quantitative estimate of drug-likeness (QED) is 0.716. The van der Waals surface area contributed by atoms with E-state index in [2.05, 4.69) is 10.6 Å². The van der Waals surface area contributed by atoms with E-state index in [9.17, 15) is 9.59 Å². The zero-order valence-electron chi connectivity index (χ0n) is 15.5. The van der Waals surface area contributed by atoms with Gasteiger partial charge in [0.25, 0.3) is 0 Å². The molecular weight excluding hydrogens is 384 g/mol. The summed E-state index contributed by atoms with van der Waals surface area (Å²) in [5.41, 5.74) is 1.50. The van der Waals surface area contributed by atoms with Gasteiger partial charge >= 0.3 is 12.0 Å². The molecule has 0 fully saturated rings. The van der Waals surface area contributed by atoms with Gasteiger partial charge in [0.2, 0.25) is 6.79 Å². The summed E-state index contributed by atoms with van der Waals surface area (Å²) in [6, 6.07) is 11.2. The van der Waals surface area contributed by atoms with Crippen LogP contribution in [0.4, 0.5) is 4.79 Å². The van der Waals surface area contributed by atoms with Crippen LogP contribution in [0.25, 0.3) is 0 Å². The zero-order valence-corrected chi connectivity index (χ0v) is 16.3. The maximum atomic E-state index is 12.6. The number of hydrogen-bond donors (Lipinski definition) is 2. The minimum absolute atomic E-state index is 0.0357. The van der Waals surface area contributed by atoms with E-state index in [0.717, 1.165) is 5.56 Å². The number of amides is 2. The third-order valence-electron chi connectivity index (χ3n) is 4.43. The van der Waals surface area contributed by atoms with Gasteiger partial charge in [0, 0.05) is 5.02 Å². The second-order valence-electron chi connectivity index (χ2n) is 6.31. The maximum Gasteiger partial charge on any atom is 0.315 e. The summed E-state index contributed by atoms with van der Waals surface area (Å²) >= 11 is 6.24. The minimum Gasteiger partial charge on any atom is -0.469 e. The summed E-state index contributed by atoms with van der Waals surface area (Å²) in [5.74, 6) is 0.873. The molecule has 2 unspecified atom stereocenters. The minimum atomic E-state index is -0.620. The Labute approximate surface area is 167 Å². The van der Waals surface area contributed by atoms with Crippen molar-refractivity contribution < 1.29 is 23.8 Å². The molecule has 2 atom stereocenters. The summed E-state index contributed by atoms with van der Waals surface area (Å²) in [4.78, 5) is 24.3. The Morgan fingerprint density at radius 3 is 2.64 bits per heavy atom. The van der Waals surface area contributed by atoms with Crippen molar-refractivity contribution in [2.45, 2.75) is 25.4 Å². The smallest absolute Gasteiger partial charge is 0.315 e. The van der Waals surface area contributed by atoms with Gasteiger partial charge in [0.1, 0.15) is 0 Å². The molecule has 1 aliphatic heterocycles. The molecule has 2 aromatic rings. The van der Waals surface area contributed by atoms with Gasteiger partial charge in [-0.1, -0.05) is 35.9 Å². The van der Waals surface area contributed by atoms with Crippen LogP contribution < -0.4 is 20.1 Å². The summed E-state index contributed by atoms with van der Waals surface area (Å²) < 4.78 is 15.4. The average Bonchev–Trinajstić information content (AvgIpc) is 3.15. The summed E-state index contributed by atoms with van der Waals surface area (Å²) in [6.45, 7) is 2.04. The van der Waals surface area contributed by atoms with Crippen LogP contribution in [0.3, 0.4) is 0 Å². The van der Waals surface area contributed by atoms with E-state index in [1.807, 2.05) is 19.1 Å². The fourth-order valence-electron chi connectivity index (χ4n) is 2.91. The Balaban J connectivity index is 1.69. The number of fused-ring (bicyclic) bond motifs is 1. The van der Waals surface area contributed by atoms with E-state index in [-0.39, 0.29) is 19.3 Å². The molecule has 2 N–H and O–H groups in total. The molecular formula is C20H21ClN2O5. The van der Waals surface area contributed by atoms with Crippen LogP contribution in [-0.2, 0) is 9.53 Å². The first-order valence-corrected chi connectivity index (χ1v) is 9.13. The molecule has 0 radical (unpaired) electrons. The lowest BCUT2D eigenvalue weighted by Crippen LogP contribution is -2.40. The van der Waals surface area contributed by atoms with Crippen LogP contribution in [0, 0.1) is 0 Å². The predicted molar refractivity (Wildman–Crippen MR) is 103 cm³/mol. The number of urea groups is 1. The second kappa shape index (κ2) is 8.84. The Hall–Kier alpha value is -2.93. The first-order valence-electron chi connectivity index (χ1n) is 8.75. The Bertz CT molecular complexity index is 873. The molecule has 2 aromatic carbocycles. The third kappa shape index (κ3) is 4.67. The maximum absolute atomic E-state index is 12.6. The highest BCUT2D eigenvalue weighted by Crippen LogP contribution is 2.34. The molecule has 8 heteroatoms. The number of halogens is 1. The van der Waals surface area contributed by atoms with Gasteiger partial charge in [-0.25, -0.2) is 4.79 Å². The van der Waals surface area contributed by atoms with Crippen molar-refractivity contribution in [1.82, 2.24) is 10.6 Å². The lowest BCUT2D eigenvalue weighted by atomic mass is 10.0. The zero-order chi connectivity index (χ0) is 20.1. The molecule has 0 spiro atoms. The summed E-state index contributed by atoms with van der Waals surface area (Å²) in [6.07, 6.45) is -0.0357. The van der Waals surface area contributed by atoms with Gasteiger partial charge in [-0.2, -0.15) is 0 Å². The van der Waals surface area contributed by atoms with Crippen molar-refractivity contribution in [3.8, 4) is 11.5 Å². The van der Waals surface area contributed by atoms with Gasteiger partial charge in [-0.05, 0) is 36.2 Å². The monoisotopic (exact) mass is 404 g/mol. The first kappa shape index (κ1) is 19.8. The van der Waals surface area contributed by atoms with E-state index < -0.39 is 18.0 Å². The van der Waals surface area contributed by atoms with E-state index >= 15 is 0 Å². The van der Waals surface area contributed by atoms with E-state index in [0.29, 0.717) is 22.1 Å². The predicted octanol–water partition coefficient (Wildman–Crippen LogP) is 3.73. The number of hydrogen-bond acceptors (Lipinski definition) is 5. The molecule has 0 aromatic heterocycles. The number of rotatable bonds is 6. The number of carbonyl (C=O) groups excluding carboxylic acids is 2. The molecule has 3 rings (SSSR count). The molecule has 1 heterocycles. The van der Waals surface area contributed by atoms with Crippen molar-refractivity contribution in [3.63, 3.8) is 0 Å². The summed E-state index contributed by atoms with van der Waals surface area (Å²) in [5, 5.41) is 6.12. The van der Waals surface area contributed by atoms with Crippen LogP contribution in [0.5, 0.6) is 11.5 Å². The third-order valence-corrected chi connectivity index (χ3v) is 4.77. The van der Waals surface area contributed by atoms with Gasteiger partial charge in [0.05, 0.1) is 25.6 Å². The number of methoxy groups -OCH3 is 1. The lowest BCUT2D eigenvalue weighted by Gasteiger charge is -2.22. The molecule has 0 bridgehead atoms. The number of carbonyl (C=O) groups is 2. The van der Waals surface area contributed by atoms with Crippen molar-refractivity contribution in [2.24, 2.45) is 0 Å². The number of ether oxygens (including phenoxy) is 3. The Morgan fingerprint density at radius 1 is 1.14 bits per heavy atom. The topological polar surface area (TPSA) is 85.9 Å². The van der Waals surface area contributed by atoms with Gasteiger partial charge in [-0.15, -0.1) is 0 Å². The van der Waals surface area contributed by atoms with Gasteiger partial charge < -0.3 is 24.8 Å². The van der Waals surface area contributed by atoms with Crippen LogP contribution in [-0.4, -0.2) is 25.9 Å². The average molecular weight is 405 g/mol. The second-order valence-corrected chi connectivity index (χ2v) is 6.71. The number of esters is 1. The number of nitrogens with one attached hydrogen (secondary N) is 2. The molecule has 1 aliphatic rings.